The highest BCUT2D eigenvalue weighted by Gasteiger charge is 2.04. The Bertz CT molecular complexity index is 460. The minimum Gasteiger partial charge on any atom is -0.497 e. The topological polar surface area (TPSA) is 39.7 Å². The molecule has 0 saturated carbocycles. The SMILES string of the molecule is COc1ccn2c(CC(C)N)ccc2c1. The summed E-state index contributed by atoms with van der Waals surface area (Å²) in [5.41, 5.74) is 8.17. The number of hydrogen-bond donors (Lipinski definition) is 1. The molecule has 0 fully saturated rings. The molecular formula is C12H16N2O. The van der Waals surface area contributed by atoms with E-state index in [1.165, 1.54) is 5.69 Å². The van der Waals surface area contributed by atoms with Crippen molar-refractivity contribution in [1.29, 1.82) is 0 Å². The van der Waals surface area contributed by atoms with E-state index in [4.69, 9.17) is 10.5 Å². The standard InChI is InChI=1S/C12H16N2O/c1-9(13)7-10-3-4-11-8-12(15-2)5-6-14(10)11/h3-6,8-9H,7,13H2,1-2H3. The Morgan fingerprint density at radius 3 is 2.87 bits per heavy atom. The average molecular weight is 204 g/mol. The van der Waals surface area contributed by atoms with Crippen LogP contribution < -0.4 is 10.5 Å². The van der Waals surface area contributed by atoms with Crippen LogP contribution in [0.5, 0.6) is 5.75 Å². The molecule has 0 aliphatic rings. The van der Waals surface area contributed by atoms with Gasteiger partial charge in [0.15, 0.2) is 0 Å². The van der Waals surface area contributed by atoms with Crippen LogP contribution >= 0.6 is 0 Å². The van der Waals surface area contributed by atoms with Gasteiger partial charge in [-0.1, -0.05) is 0 Å². The van der Waals surface area contributed by atoms with Gasteiger partial charge in [-0.3, -0.25) is 0 Å². The van der Waals surface area contributed by atoms with Crippen LogP contribution in [0.25, 0.3) is 5.52 Å². The quantitative estimate of drug-likeness (QED) is 0.828. The third-order valence-corrected chi connectivity index (χ3v) is 2.48. The summed E-state index contributed by atoms with van der Waals surface area (Å²) in [6, 6.07) is 8.35. The molecule has 0 aliphatic heterocycles. The van der Waals surface area contributed by atoms with Gasteiger partial charge in [0.1, 0.15) is 5.75 Å². The molecule has 2 heterocycles. The van der Waals surface area contributed by atoms with Crippen molar-refractivity contribution in [3.63, 3.8) is 0 Å². The third kappa shape index (κ3) is 1.97. The fourth-order valence-electron chi connectivity index (χ4n) is 1.77. The molecule has 0 aromatic carbocycles. The zero-order chi connectivity index (χ0) is 10.8. The van der Waals surface area contributed by atoms with E-state index in [1.807, 2.05) is 25.3 Å². The Balaban J connectivity index is 2.43. The van der Waals surface area contributed by atoms with Crippen LogP contribution in [0, 0.1) is 0 Å². The Morgan fingerprint density at radius 2 is 2.20 bits per heavy atom. The Labute approximate surface area is 89.5 Å². The van der Waals surface area contributed by atoms with Gasteiger partial charge in [0, 0.05) is 35.9 Å². The predicted molar refractivity (Wildman–Crippen MR) is 61.3 cm³/mol. The Morgan fingerprint density at radius 1 is 1.40 bits per heavy atom. The summed E-state index contributed by atoms with van der Waals surface area (Å²) in [5.74, 6) is 0.882. The molecule has 15 heavy (non-hydrogen) atoms. The van der Waals surface area contributed by atoms with Gasteiger partial charge in [0.25, 0.3) is 0 Å². The van der Waals surface area contributed by atoms with Gasteiger partial charge in [0.2, 0.25) is 0 Å². The summed E-state index contributed by atoms with van der Waals surface area (Å²) >= 11 is 0. The first-order valence-corrected chi connectivity index (χ1v) is 5.10. The molecule has 80 valence electrons. The number of aromatic nitrogens is 1. The van der Waals surface area contributed by atoms with E-state index in [0.29, 0.717) is 0 Å². The van der Waals surface area contributed by atoms with E-state index in [1.54, 1.807) is 7.11 Å². The third-order valence-electron chi connectivity index (χ3n) is 2.48. The minimum atomic E-state index is 0.185. The molecule has 0 saturated heterocycles. The lowest BCUT2D eigenvalue weighted by Crippen LogP contribution is -2.18. The van der Waals surface area contributed by atoms with Gasteiger partial charge in [-0.05, 0) is 25.1 Å². The highest BCUT2D eigenvalue weighted by molar-refractivity contribution is 5.53. The average Bonchev–Trinajstić information content (AvgIpc) is 2.60. The van der Waals surface area contributed by atoms with Gasteiger partial charge < -0.3 is 14.9 Å². The van der Waals surface area contributed by atoms with Crippen molar-refractivity contribution in [2.75, 3.05) is 7.11 Å². The molecule has 3 nitrogen and oxygen atoms in total. The number of rotatable bonds is 3. The molecule has 3 heteroatoms. The number of nitrogens with zero attached hydrogens (tertiary/aromatic N) is 1. The molecule has 0 radical (unpaired) electrons. The van der Waals surface area contributed by atoms with Gasteiger partial charge >= 0.3 is 0 Å². The summed E-state index contributed by atoms with van der Waals surface area (Å²) < 4.78 is 7.32. The fourth-order valence-corrected chi connectivity index (χ4v) is 1.77. The fraction of sp³-hybridized carbons (Fsp3) is 0.333. The second kappa shape index (κ2) is 3.95. The zero-order valence-electron chi connectivity index (χ0n) is 9.10. The summed E-state index contributed by atoms with van der Waals surface area (Å²) in [5, 5.41) is 0. The van der Waals surface area contributed by atoms with E-state index in [-0.39, 0.29) is 6.04 Å². The number of ether oxygens (including phenoxy) is 1. The molecule has 1 atom stereocenters. The van der Waals surface area contributed by atoms with Crippen LogP contribution in [-0.2, 0) is 6.42 Å². The first-order chi connectivity index (χ1) is 7.20. The lowest BCUT2D eigenvalue weighted by atomic mass is 10.2. The summed E-state index contributed by atoms with van der Waals surface area (Å²) in [4.78, 5) is 0. The molecule has 0 aliphatic carbocycles. The molecule has 2 N–H and O–H groups in total. The first kappa shape index (κ1) is 10.1. The molecule has 2 aromatic heterocycles. The van der Waals surface area contributed by atoms with Crippen LogP contribution in [0.1, 0.15) is 12.6 Å². The van der Waals surface area contributed by atoms with Crippen LogP contribution in [0.3, 0.4) is 0 Å². The van der Waals surface area contributed by atoms with E-state index < -0.39 is 0 Å². The van der Waals surface area contributed by atoms with Gasteiger partial charge in [-0.25, -0.2) is 0 Å². The lowest BCUT2D eigenvalue weighted by molar-refractivity contribution is 0.414. The number of methoxy groups -OCH3 is 1. The van der Waals surface area contributed by atoms with Crippen molar-refractivity contribution in [3.8, 4) is 5.75 Å². The van der Waals surface area contributed by atoms with Crippen molar-refractivity contribution in [2.45, 2.75) is 19.4 Å². The van der Waals surface area contributed by atoms with Gasteiger partial charge in [-0.15, -0.1) is 0 Å². The number of fused-ring (bicyclic) bond motifs is 1. The van der Waals surface area contributed by atoms with Crippen molar-refractivity contribution in [2.24, 2.45) is 5.73 Å². The second-order valence-corrected chi connectivity index (χ2v) is 3.87. The number of hydrogen-bond acceptors (Lipinski definition) is 2. The van der Waals surface area contributed by atoms with Crippen LogP contribution in [0.4, 0.5) is 0 Å². The van der Waals surface area contributed by atoms with Crippen molar-refractivity contribution < 1.29 is 4.74 Å². The predicted octanol–water partition coefficient (Wildman–Crippen LogP) is 1.84. The molecule has 0 amide bonds. The lowest BCUT2D eigenvalue weighted by Gasteiger charge is -2.06. The number of nitrogens with two attached hydrogens (primary N) is 1. The smallest absolute Gasteiger partial charge is 0.122 e. The Hall–Kier alpha value is -1.48. The maximum atomic E-state index is 5.79. The first-order valence-electron chi connectivity index (χ1n) is 5.10. The molecule has 2 aromatic rings. The maximum absolute atomic E-state index is 5.79. The zero-order valence-corrected chi connectivity index (χ0v) is 9.10. The van der Waals surface area contributed by atoms with Crippen molar-refractivity contribution in [1.82, 2.24) is 4.40 Å². The molecule has 0 bridgehead atoms. The van der Waals surface area contributed by atoms with E-state index >= 15 is 0 Å². The summed E-state index contributed by atoms with van der Waals surface area (Å²) in [6.45, 7) is 2.02. The van der Waals surface area contributed by atoms with Crippen molar-refractivity contribution in [3.05, 3.63) is 36.2 Å². The highest BCUT2D eigenvalue weighted by atomic mass is 16.5. The molecular weight excluding hydrogens is 188 g/mol. The highest BCUT2D eigenvalue weighted by Crippen LogP contribution is 2.17. The van der Waals surface area contributed by atoms with Gasteiger partial charge in [0.05, 0.1) is 7.11 Å². The summed E-state index contributed by atoms with van der Waals surface area (Å²) in [7, 11) is 1.68. The number of pyridine rings is 1. The minimum absolute atomic E-state index is 0.185. The van der Waals surface area contributed by atoms with E-state index in [9.17, 15) is 0 Å². The van der Waals surface area contributed by atoms with Gasteiger partial charge in [-0.2, -0.15) is 0 Å². The monoisotopic (exact) mass is 204 g/mol. The Kier molecular flexibility index (Phi) is 2.64. The molecule has 1 unspecified atom stereocenters. The van der Waals surface area contributed by atoms with Crippen molar-refractivity contribution >= 4 is 5.52 Å². The largest absolute Gasteiger partial charge is 0.497 e. The maximum Gasteiger partial charge on any atom is 0.122 e. The normalized spacial score (nSPS) is 13.0. The second-order valence-electron chi connectivity index (χ2n) is 3.87. The van der Waals surface area contributed by atoms with Crippen LogP contribution in [0.2, 0.25) is 0 Å². The van der Waals surface area contributed by atoms with E-state index in [0.717, 1.165) is 17.7 Å². The summed E-state index contributed by atoms with van der Waals surface area (Å²) in [6.07, 6.45) is 2.91. The molecule has 2 rings (SSSR count). The van der Waals surface area contributed by atoms with Crippen LogP contribution in [-0.4, -0.2) is 17.6 Å². The molecule has 0 spiro atoms. The van der Waals surface area contributed by atoms with Crippen LogP contribution in [0.15, 0.2) is 30.5 Å². The van der Waals surface area contributed by atoms with E-state index in [2.05, 4.69) is 16.5 Å².